The zero-order chi connectivity index (χ0) is 19.3. The van der Waals surface area contributed by atoms with Gasteiger partial charge in [-0.25, -0.2) is 13.2 Å². The summed E-state index contributed by atoms with van der Waals surface area (Å²) < 4.78 is 39.8. The number of amides is 2. The van der Waals surface area contributed by atoms with Gasteiger partial charge in [-0.3, -0.25) is 14.5 Å². The summed E-state index contributed by atoms with van der Waals surface area (Å²) >= 11 is 1.33. The monoisotopic (exact) mass is 432 g/mol. The molecule has 3 heterocycles. The second-order valence-electron chi connectivity index (χ2n) is 6.21. The van der Waals surface area contributed by atoms with Gasteiger partial charge in [-0.1, -0.05) is 30.3 Å². The molecule has 0 spiro atoms. The Hall–Kier alpha value is -1.37. The smallest absolute Gasteiger partial charge is 0.747 e. The first-order valence-corrected chi connectivity index (χ1v) is 10.4. The molecule has 28 heavy (non-hydrogen) atoms. The number of rotatable bonds is 4. The van der Waals surface area contributed by atoms with Crippen molar-refractivity contribution in [3.63, 3.8) is 0 Å². The number of hydrogen-bond donors (Lipinski definition) is 1. The van der Waals surface area contributed by atoms with Crippen LogP contribution in [0.25, 0.3) is 0 Å². The van der Waals surface area contributed by atoms with Crippen molar-refractivity contribution in [2.45, 2.75) is 16.7 Å². The van der Waals surface area contributed by atoms with Crippen LogP contribution < -0.4 is 34.9 Å². The molecule has 0 unspecified atom stereocenters. The molecule has 1 fully saturated rings. The molecule has 0 aromatic heterocycles. The molecule has 9 nitrogen and oxygen atoms in total. The van der Waals surface area contributed by atoms with Gasteiger partial charge in [0, 0.05) is 11.3 Å². The summed E-state index contributed by atoms with van der Waals surface area (Å²) in [7, 11) is -4.99. The van der Waals surface area contributed by atoms with Crippen LogP contribution in [0.4, 0.5) is 0 Å². The van der Waals surface area contributed by atoms with Crippen molar-refractivity contribution in [2.24, 2.45) is 0 Å². The molecule has 1 aromatic carbocycles. The van der Waals surface area contributed by atoms with E-state index in [1.54, 1.807) is 6.07 Å². The van der Waals surface area contributed by atoms with Crippen molar-refractivity contribution in [2.75, 3.05) is 12.4 Å². The topological polar surface area (TPSA) is 133 Å². The molecule has 1 saturated heterocycles. The second kappa shape index (κ2) is 7.81. The van der Waals surface area contributed by atoms with E-state index in [0.29, 0.717) is 11.3 Å². The van der Waals surface area contributed by atoms with Crippen molar-refractivity contribution in [1.29, 1.82) is 0 Å². The summed E-state index contributed by atoms with van der Waals surface area (Å²) in [4.78, 5) is 38.1. The van der Waals surface area contributed by atoms with Gasteiger partial charge in [0.05, 0.1) is 0 Å². The normalized spacial score (nSPS) is 24.4. The van der Waals surface area contributed by atoms with Crippen LogP contribution in [0.1, 0.15) is 10.8 Å². The minimum atomic E-state index is -4.99. The molecule has 0 saturated carbocycles. The summed E-state index contributed by atoms with van der Waals surface area (Å²) in [5.74, 6) is -1.73. The molecule has 12 heteroatoms. The molecule has 1 aromatic rings. The van der Waals surface area contributed by atoms with Gasteiger partial charge in [-0.2, -0.15) is 0 Å². The van der Waals surface area contributed by atoms with Crippen molar-refractivity contribution >= 4 is 39.7 Å². The summed E-state index contributed by atoms with van der Waals surface area (Å²) in [5.41, 5.74) is 0.934. The predicted octanol–water partition coefficient (Wildman–Crippen LogP) is -3.51. The number of cyclic esters (lactones) is 1. The van der Waals surface area contributed by atoms with Gasteiger partial charge < -0.3 is 14.6 Å². The molecule has 0 aliphatic carbocycles. The minimum Gasteiger partial charge on any atom is -0.747 e. The maximum Gasteiger partial charge on any atom is 1.00 e. The molecule has 0 bridgehead atoms. The molecule has 2 amide bonds. The van der Waals surface area contributed by atoms with E-state index < -0.39 is 44.6 Å². The standard InChI is InChI=1S/C16H14N2O7S2.Na/c19-13(12(27(22,23)24)8-4-2-1-3-5-8)17-10-14(20)18-11-9(6-25-16(11)21)7-26-15(10)18;/h1-5,10,12,15H,6-7H2,(H,17,19)(H,22,23,24);/q;+1/p-1/t10-,12-,15-;/m1./s1. The molecule has 3 atom stereocenters. The summed E-state index contributed by atoms with van der Waals surface area (Å²) in [6, 6.07) is 6.33. The quantitative estimate of drug-likeness (QED) is 0.224. The number of thioether (sulfide) groups is 1. The van der Waals surface area contributed by atoms with E-state index in [1.807, 2.05) is 0 Å². The molecule has 0 radical (unpaired) electrons. The largest absolute Gasteiger partial charge is 1.00 e. The van der Waals surface area contributed by atoms with Crippen LogP contribution in [0.15, 0.2) is 41.6 Å². The number of carbonyl (C=O) groups excluding carboxylic acids is 3. The fourth-order valence-electron chi connectivity index (χ4n) is 3.31. The van der Waals surface area contributed by atoms with Crippen LogP contribution in [0.2, 0.25) is 0 Å². The minimum absolute atomic E-state index is 0. The first-order chi connectivity index (χ1) is 12.8. The van der Waals surface area contributed by atoms with Crippen molar-refractivity contribution in [3.8, 4) is 0 Å². The Morgan fingerprint density at radius 2 is 1.96 bits per heavy atom. The summed E-state index contributed by atoms with van der Waals surface area (Å²) in [5, 5.41) is -0.142. The Labute approximate surface area is 186 Å². The van der Waals surface area contributed by atoms with Gasteiger partial charge >= 0.3 is 35.5 Å². The molecular formula is C16H13N2NaO7S2. The van der Waals surface area contributed by atoms with E-state index >= 15 is 0 Å². The third-order valence-corrected chi connectivity index (χ3v) is 6.95. The number of esters is 1. The fourth-order valence-corrected chi connectivity index (χ4v) is 5.46. The maximum atomic E-state index is 12.5. The van der Waals surface area contributed by atoms with Crippen LogP contribution in [0, 0.1) is 0 Å². The van der Waals surface area contributed by atoms with Crippen LogP contribution in [-0.2, 0) is 29.2 Å². The molecular weight excluding hydrogens is 419 g/mol. The Balaban J connectivity index is 0.00000225. The van der Waals surface area contributed by atoms with E-state index in [2.05, 4.69) is 5.32 Å². The van der Waals surface area contributed by atoms with Crippen LogP contribution in [-0.4, -0.2) is 59.4 Å². The zero-order valence-electron chi connectivity index (χ0n) is 14.7. The number of nitrogens with zero attached hydrogens (tertiary/aromatic N) is 1. The molecule has 3 aliphatic heterocycles. The molecule has 4 rings (SSSR count). The zero-order valence-corrected chi connectivity index (χ0v) is 18.3. The Morgan fingerprint density at radius 1 is 1.29 bits per heavy atom. The van der Waals surface area contributed by atoms with Gasteiger partial charge in [0.1, 0.15) is 33.8 Å². The Kier molecular flexibility index (Phi) is 5.95. The van der Waals surface area contributed by atoms with Crippen molar-refractivity contribution in [1.82, 2.24) is 10.2 Å². The van der Waals surface area contributed by atoms with Crippen molar-refractivity contribution < 1.29 is 61.6 Å². The van der Waals surface area contributed by atoms with E-state index in [-0.39, 0.29) is 47.4 Å². The number of benzene rings is 1. The number of ether oxygens (including phenoxy) is 1. The third-order valence-electron chi connectivity index (χ3n) is 4.54. The van der Waals surface area contributed by atoms with Gasteiger partial charge in [0.15, 0.2) is 5.25 Å². The number of fused-ring (bicyclic) bond motifs is 2. The third kappa shape index (κ3) is 3.51. The van der Waals surface area contributed by atoms with E-state index in [1.165, 1.54) is 40.9 Å². The Morgan fingerprint density at radius 3 is 2.61 bits per heavy atom. The second-order valence-corrected chi connectivity index (χ2v) is 8.77. The SMILES string of the molecule is O=C1OCC2=C1N1C(=O)[C@@H](NC(=O)[C@@H](c3ccccc3)S(=O)(=O)[O-])[C@H]1SC2.[Na+]. The number of carbonyl (C=O) groups is 3. The van der Waals surface area contributed by atoms with Gasteiger partial charge in [-0.05, 0) is 5.56 Å². The Bertz CT molecular complexity index is 980. The predicted molar refractivity (Wildman–Crippen MR) is 91.9 cm³/mol. The average molecular weight is 432 g/mol. The molecule has 142 valence electrons. The number of nitrogens with one attached hydrogen (secondary N) is 1. The number of β-lactam (4-membered cyclic amide) rings is 1. The number of hydrogen-bond acceptors (Lipinski definition) is 8. The van der Waals surface area contributed by atoms with Crippen LogP contribution in [0.5, 0.6) is 0 Å². The van der Waals surface area contributed by atoms with E-state index in [0.717, 1.165) is 0 Å². The first kappa shape index (κ1) is 21.3. The molecule has 1 N–H and O–H groups in total. The van der Waals surface area contributed by atoms with E-state index in [9.17, 15) is 27.4 Å². The average Bonchev–Trinajstić information content (AvgIpc) is 2.99. The molecule has 3 aliphatic rings. The van der Waals surface area contributed by atoms with Crippen LogP contribution >= 0.6 is 11.8 Å². The van der Waals surface area contributed by atoms with Gasteiger partial charge in [0.2, 0.25) is 5.91 Å². The van der Waals surface area contributed by atoms with Gasteiger partial charge in [-0.15, -0.1) is 11.8 Å². The van der Waals surface area contributed by atoms with E-state index in [4.69, 9.17) is 4.74 Å². The summed E-state index contributed by atoms with van der Waals surface area (Å²) in [6.07, 6.45) is 0. The van der Waals surface area contributed by atoms with Gasteiger partial charge in [0.25, 0.3) is 5.91 Å². The van der Waals surface area contributed by atoms with Crippen molar-refractivity contribution in [3.05, 3.63) is 47.2 Å². The maximum absolute atomic E-state index is 12.5. The van der Waals surface area contributed by atoms with Crippen LogP contribution in [0.3, 0.4) is 0 Å². The summed E-state index contributed by atoms with van der Waals surface area (Å²) in [6.45, 7) is 0.138. The first-order valence-electron chi connectivity index (χ1n) is 7.93. The fraction of sp³-hybridized carbons (Fsp3) is 0.312.